The van der Waals surface area contributed by atoms with Crippen LogP contribution in [0.4, 0.5) is 0 Å². The lowest BCUT2D eigenvalue weighted by atomic mass is 9.82. The highest BCUT2D eigenvalue weighted by atomic mass is 14.4. The quantitative estimate of drug-likeness (QED) is 0.344. The van der Waals surface area contributed by atoms with Crippen LogP contribution in [0.25, 0.3) is 33.4 Å². The second-order valence-corrected chi connectivity index (χ2v) is 8.35. The van der Waals surface area contributed by atoms with Crippen LogP contribution in [0.2, 0.25) is 0 Å². The number of benzene rings is 4. The number of hydrogen-bond acceptors (Lipinski definition) is 0. The summed E-state index contributed by atoms with van der Waals surface area (Å²) < 4.78 is 0. The summed E-state index contributed by atoms with van der Waals surface area (Å²) in [5, 5.41) is 0. The summed E-state index contributed by atoms with van der Waals surface area (Å²) in [5.41, 5.74) is 12.1. The number of fused-ring (bicyclic) bond motifs is 3. The zero-order valence-corrected chi connectivity index (χ0v) is 16.7. The van der Waals surface area contributed by atoms with Gasteiger partial charge in [-0.25, -0.2) is 0 Å². The zero-order valence-electron chi connectivity index (χ0n) is 16.7. The molecular formula is C28H24. The van der Waals surface area contributed by atoms with Gasteiger partial charge >= 0.3 is 0 Å². The molecule has 0 saturated carbocycles. The second kappa shape index (κ2) is 6.21. The van der Waals surface area contributed by atoms with Crippen molar-refractivity contribution in [2.75, 3.05) is 0 Å². The van der Waals surface area contributed by atoms with Crippen molar-refractivity contribution in [2.45, 2.75) is 26.2 Å². The molecule has 0 nitrogen and oxygen atoms in total. The molecule has 0 bridgehead atoms. The molecule has 0 N–H and O–H groups in total. The molecule has 1 aliphatic carbocycles. The molecule has 0 heteroatoms. The van der Waals surface area contributed by atoms with Gasteiger partial charge in [-0.05, 0) is 63.1 Å². The SMILES string of the molecule is Cc1cc(-c2ccccc2)cc(-c2cccc3c2-c2ccccc2C3(C)C)c1. The largest absolute Gasteiger partial charge is 0.0622 e. The first-order valence-electron chi connectivity index (χ1n) is 9.96. The summed E-state index contributed by atoms with van der Waals surface area (Å²) in [6.07, 6.45) is 0. The van der Waals surface area contributed by atoms with Crippen LogP contribution in [0.1, 0.15) is 30.5 Å². The summed E-state index contributed by atoms with van der Waals surface area (Å²) in [6, 6.07) is 33.3. The minimum Gasteiger partial charge on any atom is -0.0622 e. The first kappa shape index (κ1) is 17.0. The average molecular weight is 361 g/mol. The Balaban J connectivity index is 1.77. The minimum atomic E-state index is 0.0357. The highest BCUT2D eigenvalue weighted by Gasteiger charge is 2.36. The predicted molar refractivity (Wildman–Crippen MR) is 120 cm³/mol. The van der Waals surface area contributed by atoms with Crippen molar-refractivity contribution in [1.29, 1.82) is 0 Å². The van der Waals surface area contributed by atoms with Crippen LogP contribution in [0.5, 0.6) is 0 Å². The second-order valence-electron chi connectivity index (χ2n) is 8.35. The molecule has 4 aromatic rings. The van der Waals surface area contributed by atoms with Crippen LogP contribution in [-0.2, 0) is 5.41 Å². The van der Waals surface area contributed by atoms with Gasteiger partial charge in [0.25, 0.3) is 0 Å². The van der Waals surface area contributed by atoms with Crippen LogP contribution in [0, 0.1) is 6.92 Å². The highest BCUT2D eigenvalue weighted by Crippen LogP contribution is 2.52. The van der Waals surface area contributed by atoms with Crippen LogP contribution < -0.4 is 0 Å². The number of hydrogen-bond donors (Lipinski definition) is 0. The maximum absolute atomic E-state index is 2.34. The molecule has 0 radical (unpaired) electrons. The molecule has 0 fully saturated rings. The van der Waals surface area contributed by atoms with Gasteiger partial charge in [-0.3, -0.25) is 0 Å². The monoisotopic (exact) mass is 360 g/mol. The molecule has 136 valence electrons. The van der Waals surface area contributed by atoms with E-state index in [1.807, 2.05) is 0 Å². The summed E-state index contributed by atoms with van der Waals surface area (Å²) in [5.74, 6) is 0. The van der Waals surface area contributed by atoms with E-state index in [-0.39, 0.29) is 5.41 Å². The summed E-state index contributed by atoms with van der Waals surface area (Å²) in [6.45, 7) is 6.87. The van der Waals surface area contributed by atoms with Crippen molar-refractivity contribution in [2.24, 2.45) is 0 Å². The van der Waals surface area contributed by atoms with Crippen molar-refractivity contribution in [3.63, 3.8) is 0 Å². The number of aryl methyl sites for hydroxylation is 1. The fourth-order valence-electron chi connectivity index (χ4n) is 4.73. The Labute approximate surface area is 167 Å². The third kappa shape index (κ3) is 2.52. The molecule has 0 amide bonds. The molecule has 0 unspecified atom stereocenters. The van der Waals surface area contributed by atoms with E-state index in [2.05, 4.69) is 112 Å². The standard InChI is InChI=1S/C28H24/c1-19-16-21(20-10-5-4-6-11-20)18-22(17-19)23-13-9-15-26-27(23)24-12-7-8-14-25(24)28(26,2)3/h4-18H,1-3H3. The Morgan fingerprint density at radius 1 is 0.536 bits per heavy atom. The molecule has 0 spiro atoms. The third-order valence-corrected chi connectivity index (χ3v) is 6.10. The van der Waals surface area contributed by atoms with Gasteiger partial charge in [-0.1, -0.05) is 98.8 Å². The fraction of sp³-hybridized carbons (Fsp3) is 0.143. The summed E-state index contributed by atoms with van der Waals surface area (Å²) in [4.78, 5) is 0. The molecule has 0 heterocycles. The van der Waals surface area contributed by atoms with E-state index in [0.29, 0.717) is 0 Å². The van der Waals surface area contributed by atoms with E-state index in [4.69, 9.17) is 0 Å². The smallest absolute Gasteiger partial charge is 0.0159 e. The van der Waals surface area contributed by atoms with E-state index >= 15 is 0 Å². The zero-order chi connectivity index (χ0) is 19.3. The van der Waals surface area contributed by atoms with Crippen molar-refractivity contribution in [3.05, 3.63) is 108 Å². The van der Waals surface area contributed by atoms with Gasteiger partial charge in [0.2, 0.25) is 0 Å². The Hall–Kier alpha value is -3.12. The Morgan fingerprint density at radius 3 is 2.00 bits per heavy atom. The van der Waals surface area contributed by atoms with Crippen molar-refractivity contribution in [3.8, 4) is 33.4 Å². The van der Waals surface area contributed by atoms with Crippen LogP contribution >= 0.6 is 0 Å². The lowest BCUT2D eigenvalue weighted by Crippen LogP contribution is -2.14. The van der Waals surface area contributed by atoms with E-state index < -0.39 is 0 Å². The molecule has 0 saturated heterocycles. The van der Waals surface area contributed by atoms with E-state index in [1.165, 1.54) is 50.1 Å². The predicted octanol–water partition coefficient (Wildman–Crippen LogP) is 7.64. The molecule has 5 rings (SSSR count). The van der Waals surface area contributed by atoms with Crippen LogP contribution in [0.3, 0.4) is 0 Å². The van der Waals surface area contributed by atoms with Gasteiger partial charge in [0, 0.05) is 5.41 Å². The van der Waals surface area contributed by atoms with Gasteiger partial charge in [0.05, 0.1) is 0 Å². The minimum absolute atomic E-state index is 0.0357. The lowest BCUT2D eigenvalue weighted by Gasteiger charge is -2.21. The van der Waals surface area contributed by atoms with Gasteiger partial charge in [0.1, 0.15) is 0 Å². The van der Waals surface area contributed by atoms with Crippen LogP contribution in [-0.4, -0.2) is 0 Å². The van der Waals surface area contributed by atoms with Crippen LogP contribution in [0.15, 0.2) is 91.0 Å². The van der Waals surface area contributed by atoms with Crippen molar-refractivity contribution < 1.29 is 0 Å². The van der Waals surface area contributed by atoms with E-state index in [9.17, 15) is 0 Å². The molecular weight excluding hydrogens is 336 g/mol. The Morgan fingerprint density at radius 2 is 1.18 bits per heavy atom. The van der Waals surface area contributed by atoms with Crippen molar-refractivity contribution in [1.82, 2.24) is 0 Å². The molecule has 0 atom stereocenters. The highest BCUT2D eigenvalue weighted by molar-refractivity contribution is 5.93. The van der Waals surface area contributed by atoms with Gasteiger partial charge in [0.15, 0.2) is 0 Å². The average Bonchev–Trinajstić information content (AvgIpc) is 2.96. The molecule has 0 aliphatic heterocycles. The van der Waals surface area contributed by atoms with E-state index in [1.54, 1.807) is 0 Å². The van der Waals surface area contributed by atoms with Crippen molar-refractivity contribution >= 4 is 0 Å². The molecule has 4 aromatic carbocycles. The fourth-order valence-corrected chi connectivity index (χ4v) is 4.73. The molecule has 0 aromatic heterocycles. The normalized spacial score (nSPS) is 13.8. The first-order chi connectivity index (χ1) is 13.6. The summed E-state index contributed by atoms with van der Waals surface area (Å²) in [7, 11) is 0. The third-order valence-electron chi connectivity index (χ3n) is 6.10. The van der Waals surface area contributed by atoms with Gasteiger partial charge in [-0.15, -0.1) is 0 Å². The number of rotatable bonds is 2. The Kier molecular flexibility index (Phi) is 3.77. The topological polar surface area (TPSA) is 0 Å². The van der Waals surface area contributed by atoms with Gasteiger partial charge in [-0.2, -0.15) is 0 Å². The Bertz CT molecular complexity index is 1180. The lowest BCUT2D eigenvalue weighted by molar-refractivity contribution is 0.660. The van der Waals surface area contributed by atoms with E-state index in [0.717, 1.165) is 0 Å². The first-order valence-corrected chi connectivity index (χ1v) is 9.96. The van der Waals surface area contributed by atoms with Gasteiger partial charge < -0.3 is 0 Å². The summed E-state index contributed by atoms with van der Waals surface area (Å²) >= 11 is 0. The molecule has 1 aliphatic rings. The molecule has 28 heavy (non-hydrogen) atoms. The maximum atomic E-state index is 2.34. The maximum Gasteiger partial charge on any atom is 0.0159 e.